The number of aryl methyl sites for hydroxylation is 2. The highest BCUT2D eigenvalue weighted by molar-refractivity contribution is 9.10. The summed E-state index contributed by atoms with van der Waals surface area (Å²) in [5.41, 5.74) is 1.94. The molecule has 0 aliphatic heterocycles. The molecule has 0 saturated carbocycles. The van der Waals surface area contributed by atoms with Crippen LogP contribution in [0.2, 0.25) is 0 Å². The predicted octanol–water partition coefficient (Wildman–Crippen LogP) is 3.86. The van der Waals surface area contributed by atoms with Crippen molar-refractivity contribution in [1.29, 1.82) is 0 Å². The number of sulfonamides is 1. The second-order valence-electron chi connectivity index (χ2n) is 4.46. The molecular formula is C14H16BrNO2S2. The second-order valence-corrected chi connectivity index (χ2v) is 8.11. The summed E-state index contributed by atoms with van der Waals surface area (Å²) in [4.78, 5) is 1.39. The Kier molecular flexibility index (Phi) is 5.01. The van der Waals surface area contributed by atoms with Crippen molar-refractivity contribution in [3.8, 4) is 0 Å². The van der Waals surface area contributed by atoms with E-state index in [2.05, 4.69) is 27.6 Å². The van der Waals surface area contributed by atoms with Crippen molar-refractivity contribution in [2.45, 2.75) is 31.7 Å². The van der Waals surface area contributed by atoms with Gasteiger partial charge in [0.25, 0.3) is 0 Å². The first kappa shape index (κ1) is 15.7. The molecule has 0 saturated heterocycles. The van der Waals surface area contributed by atoms with E-state index in [4.69, 9.17) is 0 Å². The van der Waals surface area contributed by atoms with Crippen LogP contribution in [-0.2, 0) is 23.0 Å². The summed E-state index contributed by atoms with van der Waals surface area (Å²) >= 11 is 4.89. The average Bonchev–Trinajstić information content (AvgIpc) is 2.86. The molecule has 6 heteroatoms. The van der Waals surface area contributed by atoms with E-state index in [1.165, 1.54) is 5.56 Å². The summed E-state index contributed by atoms with van der Waals surface area (Å²) in [6.45, 7) is 4.21. The van der Waals surface area contributed by atoms with Gasteiger partial charge in [-0.25, -0.2) is 13.1 Å². The average molecular weight is 374 g/mol. The lowest BCUT2D eigenvalue weighted by atomic mass is 10.2. The summed E-state index contributed by atoms with van der Waals surface area (Å²) in [6.07, 6.45) is 0.913. The van der Waals surface area contributed by atoms with Crippen molar-refractivity contribution in [1.82, 2.24) is 4.72 Å². The van der Waals surface area contributed by atoms with Crippen LogP contribution in [0.15, 0.2) is 39.0 Å². The number of halogens is 1. The van der Waals surface area contributed by atoms with Gasteiger partial charge >= 0.3 is 0 Å². The van der Waals surface area contributed by atoms with E-state index in [0.29, 0.717) is 11.4 Å². The summed E-state index contributed by atoms with van der Waals surface area (Å²) in [6, 6.07) is 7.30. The zero-order valence-corrected chi connectivity index (χ0v) is 14.5. The molecule has 1 aromatic heterocycles. The Balaban J connectivity index is 2.21. The minimum absolute atomic E-state index is 0.321. The first-order valence-corrected chi connectivity index (χ1v) is 9.40. The summed E-state index contributed by atoms with van der Waals surface area (Å²) < 4.78 is 28.2. The number of thiophene rings is 1. The molecule has 0 aliphatic carbocycles. The van der Waals surface area contributed by atoms with Crippen LogP contribution in [-0.4, -0.2) is 8.42 Å². The monoisotopic (exact) mass is 373 g/mol. The molecule has 2 aromatic rings. The molecule has 0 fully saturated rings. The third kappa shape index (κ3) is 3.49. The number of nitrogens with one attached hydrogen (secondary N) is 1. The molecule has 2 rings (SSSR count). The fourth-order valence-electron chi connectivity index (χ4n) is 1.94. The van der Waals surface area contributed by atoms with Gasteiger partial charge in [0.05, 0.1) is 4.90 Å². The molecule has 0 aliphatic rings. The van der Waals surface area contributed by atoms with Crippen LogP contribution in [0.3, 0.4) is 0 Å². The number of hydrogen-bond acceptors (Lipinski definition) is 3. The number of hydrogen-bond donors (Lipinski definition) is 1. The van der Waals surface area contributed by atoms with E-state index < -0.39 is 10.0 Å². The first-order chi connectivity index (χ1) is 9.44. The van der Waals surface area contributed by atoms with E-state index in [1.54, 1.807) is 30.4 Å². The lowest BCUT2D eigenvalue weighted by molar-refractivity contribution is 0.581. The van der Waals surface area contributed by atoms with Gasteiger partial charge < -0.3 is 0 Å². The first-order valence-electron chi connectivity index (χ1n) is 6.25. The van der Waals surface area contributed by atoms with Crippen LogP contribution in [0.25, 0.3) is 0 Å². The molecule has 0 unspecified atom stereocenters. The van der Waals surface area contributed by atoms with Crippen molar-refractivity contribution in [2.75, 3.05) is 0 Å². The van der Waals surface area contributed by atoms with Gasteiger partial charge in [0.15, 0.2) is 0 Å². The smallest absolute Gasteiger partial charge is 0.207 e. The van der Waals surface area contributed by atoms with Gasteiger partial charge in [0.2, 0.25) is 10.0 Å². The fraction of sp³-hybridized carbons (Fsp3) is 0.286. The molecule has 20 heavy (non-hydrogen) atoms. The van der Waals surface area contributed by atoms with Gasteiger partial charge in [0, 0.05) is 15.9 Å². The van der Waals surface area contributed by atoms with Crippen molar-refractivity contribution < 1.29 is 8.42 Å². The minimum Gasteiger partial charge on any atom is -0.207 e. The standard InChI is InChI=1S/C14H16BrNO2S2/c1-3-11-6-7-19-13(11)9-16-20(17,18)14-8-12(15)5-4-10(14)2/h4-8,16H,3,9H2,1-2H3. The highest BCUT2D eigenvalue weighted by Crippen LogP contribution is 2.22. The van der Waals surface area contributed by atoms with Gasteiger partial charge in [-0.2, -0.15) is 0 Å². The van der Waals surface area contributed by atoms with Gasteiger partial charge in [0.1, 0.15) is 0 Å². The highest BCUT2D eigenvalue weighted by Gasteiger charge is 2.17. The lowest BCUT2D eigenvalue weighted by Crippen LogP contribution is -2.24. The Morgan fingerprint density at radius 2 is 2.05 bits per heavy atom. The lowest BCUT2D eigenvalue weighted by Gasteiger charge is -2.10. The van der Waals surface area contributed by atoms with Crippen molar-refractivity contribution in [3.05, 3.63) is 50.1 Å². The molecule has 1 aromatic carbocycles. The maximum atomic E-state index is 12.4. The van der Waals surface area contributed by atoms with Crippen LogP contribution < -0.4 is 4.72 Å². The van der Waals surface area contributed by atoms with Gasteiger partial charge in [-0.3, -0.25) is 0 Å². The molecule has 0 atom stereocenters. The van der Waals surface area contributed by atoms with Gasteiger partial charge in [-0.1, -0.05) is 28.9 Å². The maximum Gasteiger partial charge on any atom is 0.241 e. The number of rotatable bonds is 5. The minimum atomic E-state index is -3.49. The Morgan fingerprint density at radius 1 is 1.30 bits per heavy atom. The van der Waals surface area contributed by atoms with Gasteiger partial charge in [-0.15, -0.1) is 11.3 Å². The summed E-state index contributed by atoms with van der Waals surface area (Å²) in [5, 5.41) is 1.99. The molecule has 108 valence electrons. The van der Waals surface area contributed by atoms with Crippen LogP contribution in [0.5, 0.6) is 0 Å². The largest absolute Gasteiger partial charge is 0.241 e. The van der Waals surface area contributed by atoms with Crippen LogP contribution in [0, 0.1) is 6.92 Å². The molecule has 1 heterocycles. The predicted molar refractivity (Wildman–Crippen MR) is 86.6 cm³/mol. The van der Waals surface area contributed by atoms with E-state index >= 15 is 0 Å². The molecule has 3 nitrogen and oxygen atoms in total. The van der Waals surface area contributed by atoms with Crippen molar-refractivity contribution >= 4 is 37.3 Å². The van der Waals surface area contributed by atoms with E-state index in [0.717, 1.165) is 21.3 Å². The SMILES string of the molecule is CCc1ccsc1CNS(=O)(=O)c1cc(Br)ccc1C. The quantitative estimate of drug-likeness (QED) is 0.864. The van der Waals surface area contributed by atoms with E-state index in [-0.39, 0.29) is 0 Å². The molecule has 0 radical (unpaired) electrons. The molecule has 1 N–H and O–H groups in total. The molecule has 0 bridgehead atoms. The van der Waals surface area contributed by atoms with Crippen molar-refractivity contribution in [2.24, 2.45) is 0 Å². The second kappa shape index (κ2) is 6.39. The normalized spacial score (nSPS) is 11.8. The molecule has 0 amide bonds. The molecular weight excluding hydrogens is 358 g/mol. The van der Waals surface area contributed by atoms with Crippen LogP contribution in [0.1, 0.15) is 22.9 Å². The number of benzene rings is 1. The Labute approximate surface area is 132 Å². The zero-order chi connectivity index (χ0) is 14.8. The zero-order valence-electron chi connectivity index (χ0n) is 11.3. The maximum absolute atomic E-state index is 12.4. The fourth-order valence-corrected chi connectivity index (χ4v) is 4.72. The van der Waals surface area contributed by atoms with Gasteiger partial charge in [-0.05, 0) is 48.1 Å². The van der Waals surface area contributed by atoms with E-state index in [1.807, 2.05) is 17.5 Å². The molecule has 0 spiro atoms. The third-order valence-corrected chi connectivity index (χ3v) is 6.08. The van der Waals surface area contributed by atoms with Crippen molar-refractivity contribution in [3.63, 3.8) is 0 Å². The third-order valence-electron chi connectivity index (χ3n) is 3.08. The Hall–Kier alpha value is -0.690. The van der Waals surface area contributed by atoms with Crippen LogP contribution >= 0.6 is 27.3 Å². The highest BCUT2D eigenvalue weighted by atomic mass is 79.9. The van der Waals surface area contributed by atoms with E-state index in [9.17, 15) is 8.42 Å². The van der Waals surface area contributed by atoms with Crippen LogP contribution in [0.4, 0.5) is 0 Å². The summed E-state index contributed by atoms with van der Waals surface area (Å²) in [7, 11) is -3.49. The summed E-state index contributed by atoms with van der Waals surface area (Å²) in [5.74, 6) is 0. The Morgan fingerprint density at radius 3 is 2.75 bits per heavy atom. The Bertz CT molecular complexity index is 708. The topological polar surface area (TPSA) is 46.2 Å².